The Bertz CT molecular complexity index is 2660. The first kappa shape index (κ1) is 37.5. The molecule has 0 saturated carbocycles. The van der Waals surface area contributed by atoms with E-state index in [1.54, 1.807) is 17.0 Å². The van der Waals surface area contributed by atoms with Gasteiger partial charge in [-0.15, -0.1) is 0 Å². The van der Waals surface area contributed by atoms with E-state index in [1.165, 1.54) is 12.4 Å². The summed E-state index contributed by atoms with van der Waals surface area (Å²) in [5.41, 5.74) is 6.88. The molecule has 4 aromatic carbocycles. The number of pyridine rings is 2. The number of aromatic nitrogens is 4. The van der Waals surface area contributed by atoms with E-state index in [0.29, 0.717) is 69.5 Å². The van der Waals surface area contributed by atoms with Gasteiger partial charge in [-0.3, -0.25) is 23.9 Å². The predicted octanol–water partition coefficient (Wildman–Crippen LogP) is 9.29. The van der Waals surface area contributed by atoms with Crippen LogP contribution in [0.3, 0.4) is 0 Å². The first-order chi connectivity index (χ1) is 28.6. The van der Waals surface area contributed by atoms with Crippen LogP contribution >= 0.6 is 0 Å². The van der Waals surface area contributed by atoms with Gasteiger partial charge < -0.3 is 29.9 Å². The molecule has 11 nitrogen and oxygen atoms in total. The zero-order chi connectivity index (χ0) is 41.0. The normalized spacial score (nSPS) is 15.1. The molecule has 8 aromatic rings. The van der Waals surface area contributed by atoms with E-state index >= 15 is 0 Å². The molecule has 5 heterocycles. The zero-order valence-corrected chi connectivity index (χ0v) is 33.5. The van der Waals surface area contributed by atoms with E-state index < -0.39 is 11.6 Å². The molecule has 296 valence electrons. The second kappa shape index (κ2) is 14.7. The fourth-order valence-electron chi connectivity index (χ4n) is 8.87. The molecule has 0 aliphatic carbocycles. The highest BCUT2D eigenvalue weighted by atomic mass is 16.5. The number of aromatic hydroxyl groups is 2. The topological polar surface area (TPSA) is 127 Å². The lowest BCUT2D eigenvalue weighted by atomic mass is 9.75. The lowest BCUT2D eigenvalue weighted by molar-refractivity contribution is -0.125. The van der Waals surface area contributed by atoms with Crippen LogP contribution < -0.4 is 14.8 Å². The molecule has 0 spiro atoms. The van der Waals surface area contributed by atoms with Gasteiger partial charge in [0.2, 0.25) is 18.2 Å². The van der Waals surface area contributed by atoms with Crippen molar-refractivity contribution in [3.8, 4) is 46.1 Å². The van der Waals surface area contributed by atoms with Crippen molar-refractivity contribution in [2.75, 3.05) is 13.1 Å². The summed E-state index contributed by atoms with van der Waals surface area (Å²) in [5, 5.41) is 26.0. The Labute approximate surface area is 341 Å². The van der Waals surface area contributed by atoms with Crippen molar-refractivity contribution in [2.24, 2.45) is 0 Å². The minimum absolute atomic E-state index is 0.0367. The van der Waals surface area contributed by atoms with Crippen LogP contribution in [0, 0.1) is 27.7 Å². The molecule has 0 radical (unpaired) electrons. The zero-order valence-electron chi connectivity index (χ0n) is 33.5. The molecular weight excluding hydrogens is 741 g/mol. The summed E-state index contributed by atoms with van der Waals surface area (Å²) in [7, 11) is 0. The number of nitrogens with zero attached hydrogens (tertiary/aromatic N) is 5. The summed E-state index contributed by atoms with van der Waals surface area (Å²) in [5.74, 6) is 1.99. The van der Waals surface area contributed by atoms with Crippen LogP contribution in [0.2, 0.25) is 0 Å². The highest BCUT2D eigenvalue weighted by Crippen LogP contribution is 2.56. The number of piperazine rings is 1. The van der Waals surface area contributed by atoms with Crippen molar-refractivity contribution < 1.29 is 24.5 Å². The monoisotopic (exact) mass is 784 g/mol. The Balaban J connectivity index is 1.53. The Morgan fingerprint density at radius 3 is 1.49 bits per heavy atom. The highest BCUT2D eigenvalue weighted by molar-refractivity contribution is 5.94. The molecule has 1 amide bonds. The molecule has 0 bridgehead atoms. The standard InChI is InChI=1S/C48H44N6O5/c1-29-14-12-15-30(2)44(29)58-46-40(42-38(24-36(56)26-50-42)53(46)34-18-8-6-9-19-34)48(33(5)49-22-23-52(48)28-55)41-43-39(25-37(57)27-51-43)54(35-20-10-7-11-21-35)47(41)59-45-31(3)16-13-17-32(45)4/h6-21,24-28,33,49,56-57H,22-23H2,1-5H3/t33-/m0/s1. The van der Waals surface area contributed by atoms with Gasteiger partial charge in [-0.1, -0.05) is 72.8 Å². The van der Waals surface area contributed by atoms with Crippen LogP contribution in [0.25, 0.3) is 33.4 Å². The summed E-state index contributed by atoms with van der Waals surface area (Å²) in [6.07, 6.45) is 3.71. The van der Waals surface area contributed by atoms with E-state index in [0.717, 1.165) is 40.0 Å². The van der Waals surface area contributed by atoms with Gasteiger partial charge >= 0.3 is 0 Å². The SMILES string of the molecule is Cc1cccc(C)c1Oc1c(C2(c3c(Oc4c(C)cccc4C)n(-c4ccccc4)c4cc(O)cnc34)[C@H](C)NCCN2C=O)c2ncc(O)cc2n1-c1ccccc1. The van der Waals surface area contributed by atoms with Crippen molar-refractivity contribution in [3.63, 3.8) is 0 Å². The molecule has 1 aliphatic rings. The number of hydrogen-bond donors (Lipinski definition) is 3. The summed E-state index contributed by atoms with van der Waals surface area (Å²) in [6.45, 7) is 10.8. The van der Waals surface area contributed by atoms with Crippen molar-refractivity contribution in [3.05, 3.63) is 155 Å². The number of benzene rings is 4. The van der Waals surface area contributed by atoms with Crippen LogP contribution in [-0.2, 0) is 10.3 Å². The second-order valence-corrected chi connectivity index (χ2v) is 15.2. The van der Waals surface area contributed by atoms with Crippen LogP contribution in [0.1, 0.15) is 40.3 Å². The Kier molecular flexibility index (Phi) is 9.32. The molecule has 0 unspecified atom stereocenters. The minimum atomic E-state index is -1.47. The molecule has 4 aromatic heterocycles. The number of carbonyl (C=O) groups is 1. The third kappa shape index (κ3) is 5.96. The van der Waals surface area contributed by atoms with Crippen LogP contribution in [-0.4, -0.2) is 59.8 Å². The Morgan fingerprint density at radius 2 is 1.08 bits per heavy atom. The number of aryl methyl sites for hydroxylation is 4. The maximum atomic E-state index is 14.0. The number of para-hydroxylation sites is 4. The number of nitrogens with one attached hydrogen (secondary N) is 1. The fourth-order valence-corrected chi connectivity index (χ4v) is 8.87. The third-order valence-corrected chi connectivity index (χ3v) is 11.5. The average molecular weight is 785 g/mol. The predicted molar refractivity (Wildman–Crippen MR) is 228 cm³/mol. The number of rotatable bonds is 9. The first-order valence-corrected chi connectivity index (χ1v) is 19.7. The summed E-state index contributed by atoms with van der Waals surface area (Å²) in [6, 6.07) is 34.3. The quantitative estimate of drug-likeness (QED) is 0.124. The van der Waals surface area contributed by atoms with E-state index in [4.69, 9.17) is 19.4 Å². The van der Waals surface area contributed by atoms with E-state index in [9.17, 15) is 15.0 Å². The smallest absolute Gasteiger partial charge is 0.213 e. The van der Waals surface area contributed by atoms with E-state index in [2.05, 4.69) is 5.32 Å². The maximum absolute atomic E-state index is 14.0. The Morgan fingerprint density at radius 1 is 0.661 bits per heavy atom. The van der Waals surface area contributed by atoms with Gasteiger partial charge in [0, 0.05) is 42.6 Å². The van der Waals surface area contributed by atoms with Gasteiger partial charge in [0.1, 0.15) is 28.5 Å². The van der Waals surface area contributed by atoms with E-state index in [-0.39, 0.29) is 11.5 Å². The van der Waals surface area contributed by atoms with Crippen molar-refractivity contribution in [2.45, 2.75) is 46.2 Å². The van der Waals surface area contributed by atoms with Gasteiger partial charge in [0.15, 0.2) is 0 Å². The number of fused-ring (bicyclic) bond motifs is 2. The fraction of sp³-hybridized carbons (Fsp3) is 0.188. The van der Waals surface area contributed by atoms with Crippen LogP contribution in [0.15, 0.2) is 122 Å². The molecule has 11 heteroatoms. The first-order valence-electron chi connectivity index (χ1n) is 19.7. The molecule has 1 atom stereocenters. The van der Waals surface area contributed by atoms with Crippen LogP contribution in [0.5, 0.6) is 34.8 Å². The highest BCUT2D eigenvalue weighted by Gasteiger charge is 2.56. The van der Waals surface area contributed by atoms with E-state index in [1.807, 2.05) is 141 Å². The maximum Gasteiger partial charge on any atom is 0.213 e. The van der Waals surface area contributed by atoms with Gasteiger partial charge in [0.05, 0.1) is 45.6 Å². The Hall–Kier alpha value is -7.11. The lowest BCUT2D eigenvalue weighted by Gasteiger charge is -2.50. The number of amides is 1. The van der Waals surface area contributed by atoms with Gasteiger partial charge in [-0.05, 0) is 81.1 Å². The van der Waals surface area contributed by atoms with Crippen molar-refractivity contribution in [1.82, 2.24) is 29.3 Å². The summed E-state index contributed by atoms with van der Waals surface area (Å²) < 4.78 is 18.5. The van der Waals surface area contributed by atoms with Crippen molar-refractivity contribution in [1.29, 1.82) is 0 Å². The number of hydrogen-bond acceptors (Lipinski definition) is 8. The van der Waals surface area contributed by atoms with Gasteiger partial charge in [-0.2, -0.15) is 0 Å². The largest absolute Gasteiger partial charge is 0.506 e. The molecule has 1 fully saturated rings. The number of carbonyl (C=O) groups excluding carboxylic acids is 1. The lowest BCUT2D eigenvalue weighted by Crippen LogP contribution is -2.64. The molecular formula is C48H44N6O5. The third-order valence-electron chi connectivity index (χ3n) is 11.5. The molecule has 3 N–H and O–H groups in total. The van der Waals surface area contributed by atoms with Crippen LogP contribution in [0.4, 0.5) is 0 Å². The second-order valence-electron chi connectivity index (χ2n) is 15.2. The summed E-state index contributed by atoms with van der Waals surface area (Å²) >= 11 is 0. The van der Waals surface area contributed by atoms with Crippen molar-refractivity contribution >= 4 is 28.5 Å². The van der Waals surface area contributed by atoms with Gasteiger partial charge in [0.25, 0.3) is 0 Å². The number of ether oxygens (including phenoxy) is 2. The minimum Gasteiger partial charge on any atom is -0.506 e. The molecule has 1 aliphatic heterocycles. The molecule has 59 heavy (non-hydrogen) atoms. The molecule has 1 saturated heterocycles. The molecule has 9 rings (SSSR count). The summed E-state index contributed by atoms with van der Waals surface area (Å²) in [4.78, 5) is 25.8. The van der Waals surface area contributed by atoms with Gasteiger partial charge in [-0.25, -0.2) is 0 Å². The average Bonchev–Trinajstić information content (AvgIpc) is 3.72.